The van der Waals surface area contributed by atoms with Gasteiger partial charge in [-0.05, 0) is 49.8 Å². The molecule has 1 aromatic carbocycles. The van der Waals surface area contributed by atoms with Gasteiger partial charge in [-0.2, -0.15) is 0 Å². The first-order valence-electron chi connectivity index (χ1n) is 7.88. The molecule has 0 saturated carbocycles. The van der Waals surface area contributed by atoms with Gasteiger partial charge in [0.25, 0.3) is 0 Å². The number of aliphatic hydroxyl groups excluding tert-OH is 1. The quantitative estimate of drug-likeness (QED) is 0.796. The highest BCUT2D eigenvalue weighted by molar-refractivity contribution is 5.86. The summed E-state index contributed by atoms with van der Waals surface area (Å²) in [4.78, 5) is 2.66. The minimum Gasteiger partial charge on any atom is -0.373 e. The number of nitrogens with zero attached hydrogens (tertiary/aromatic N) is 2. The Morgan fingerprint density at radius 2 is 2.05 bits per heavy atom. The molecule has 3 heteroatoms. The Hall–Kier alpha value is -1.32. The van der Waals surface area contributed by atoms with Gasteiger partial charge in [-0.25, -0.2) is 0 Å². The van der Waals surface area contributed by atoms with Crippen LogP contribution in [0, 0.1) is 5.92 Å². The number of benzene rings is 1. The van der Waals surface area contributed by atoms with Crippen LogP contribution in [0.2, 0.25) is 0 Å². The van der Waals surface area contributed by atoms with E-state index in [9.17, 15) is 5.11 Å². The second kappa shape index (κ2) is 3.86. The lowest BCUT2D eigenvalue weighted by atomic mass is 9.78. The molecule has 0 radical (unpaired) electrons. The van der Waals surface area contributed by atoms with Gasteiger partial charge >= 0.3 is 0 Å². The lowest BCUT2D eigenvalue weighted by Crippen LogP contribution is -2.47. The average molecular weight is 268 g/mol. The number of piperidine rings is 1. The molecule has 3 aliphatic heterocycles. The maximum Gasteiger partial charge on any atom is 0.131 e. The second-order valence-electron chi connectivity index (χ2n) is 6.60. The molecule has 104 valence electrons. The predicted octanol–water partition coefficient (Wildman–Crippen LogP) is 2.85. The maximum atomic E-state index is 10.7. The van der Waals surface area contributed by atoms with Gasteiger partial charge in [0, 0.05) is 17.6 Å². The SMILES string of the molecule is O[C@H]1C[C@H]2CCCN3CCc4c(n1c1ccccc41)[C@@H]23. The van der Waals surface area contributed by atoms with Crippen molar-refractivity contribution in [1.29, 1.82) is 0 Å². The Kier molecular flexibility index (Phi) is 2.19. The van der Waals surface area contributed by atoms with Crippen molar-refractivity contribution in [3.05, 3.63) is 35.5 Å². The van der Waals surface area contributed by atoms with Crippen molar-refractivity contribution in [3.8, 4) is 0 Å². The zero-order valence-corrected chi connectivity index (χ0v) is 11.6. The first-order valence-corrected chi connectivity index (χ1v) is 7.88. The first-order chi connectivity index (χ1) is 9.84. The third-order valence-corrected chi connectivity index (χ3v) is 5.66. The van der Waals surface area contributed by atoms with E-state index in [1.807, 2.05) is 0 Å². The van der Waals surface area contributed by atoms with Gasteiger partial charge in [0.05, 0.1) is 11.6 Å². The van der Waals surface area contributed by atoms with Crippen molar-refractivity contribution in [1.82, 2.24) is 9.47 Å². The summed E-state index contributed by atoms with van der Waals surface area (Å²) in [5, 5.41) is 12.0. The van der Waals surface area contributed by atoms with Crippen LogP contribution in [0.15, 0.2) is 24.3 Å². The topological polar surface area (TPSA) is 28.4 Å². The number of aliphatic hydroxyl groups is 1. The van der Waals surface area contributed by atoms with Crippen LogP contribution in [0.3, 0.4) is 0 Å². The fourth-order valence-electron chi connectivity index (χ4n) is 4.93. The average Bonchev–Trinajstić information content (AvgIpc) is 2.82. The highest BCUT2D eigenvalue weighted by atomic mass is 16.3. The number of fused-ring (bicyclic) bond motifs is 3. The molecule has 4 heterocycles. The van der Waals surface area contributed by atoms with Gasteiger partial charge in [-0.15, -0.1) is 0 Å². The van der Waals surface area contributed by atoms with Crippen molar-refractivity contribution in [2.24, 2.45) is 5.92 Å². The molecule has 0 amide bonds. The second-order valence-corrected chi connectivity index (χ2v) is 6.60. The van der Waals surface area contributed by atoms with Gasteiger partial charge < -0.3 is 9.67 Å². The third-order valence-electron chi connectivity index (χ3n) is 5.66. The van der Waals surface area contributed by atoms with Crippen molar-refractivity contribution >= 4 is 10.9 Å². The largest absolute Gasteiger partial charge is 0.373 e. The van der Waals surface area contributed by atoms with Gasteiger partial charge in [0.1, 0.15) is 6.23 Å². The number of hydrogen-bond donors (Lipinski definition) is 1. The van der Waals surface area contributed by atoms with Gasteiger partial charge in [0.2, 0.25) is 0 Å². The van der Waals surface area contributed by atoms with Crippen LogP contribution < -0.4 is 0 Å². The normalized spacial score (nSPS) is 32.4. The number of aromatic nitrogens is 1. The summed E-state index contributed by atoms with van der Waals surface area (Å²) in [6.45, 7) is 2.43. The molecule has 3 nitrogen and oxygen atoms in total. The third kappa shape index (κ3) is 1.28. The van der Waals surface area contributed by atoms with E-state index in [1.165, 1.54) is 48.1 Å². The van der Waals surface area contributed by atoms with Crippen LogP contribution in [0.4, 0.5) is 0 Å². The van der Waals surface area contributed by atoms with Crippen LogP contribution in [0.1, 0.15) is 42.8 Å². The fourth-order valence-corrected chi connectivity index (χ4v) is 4.93. The highest BCUT2D eigenvalue weighted by Gasteiger charge is 2.44. The van der Waals surface area contributed by atoms with E-state index in [0.717, 1.165) is 12.8 Å². The zero-order valence-electron chi connectivity index (χ0n) is 11.6. The van der Waals surface area contributed by atoms with Gasteiger partial charge in [-0.3, -0.25) is 4.90 Å². The number of rotatable bonds is 0. The van der Waals surface area contributed by atoms with Gasteiger partial charge in [-0.1, -0.05) is 18.2 Å². The first kappa shape index (κ1) is 11.4. The molecule has 1 saturated heterocycles. The van der Waals surface area contributed by atoms with E-state index < -0.39 is 0 Å². The molecular formula is C17H20N2O. The monoisotopic (exact) mass is 268 g/mol. The molecule has 0 spiro atoms. The van der Waals surface area contributed by atoms with E-state index in [1.54, 1.807) is 0 Å². The summed E-state index contributed by atoms with van der Waals surface area (Å²) >= 11 is 0. The molecule has 1 N–H and O–H groups in total. The number of hydrogen-bond acceptors (Lipinski definition) is 2. The summed E-state index contributed by atoms with van der Waals surface area (Å²) in [7, 11) is 0. The lowest BCUT2D eigenvalue weighted by Gasteiger charge is -2.48. The summed E-state index contributed by atoms with van der Waals surface area (Å²) < 4.78 is 2.24. The van der Waals surface area contributed by atoms with Crippen LogP contribution in [-0.4, -0.2) is 27.7 Å². The van der Waals surface area contributed by atoms with Crippen LogP contribution in [-0.2, 0) is 6.42 Å². The van der Waals surface area contributed by atoms with Crippen molar-refractivity contribution in [2.45, 2.75) is 38.0 Å². The Morgan fingerprint density at radius 1 is 1.15 bits per heavy atom. The Labute approximate surface area is 118 Å². The lowest BCUT2D eigenvalue weighted by molar-refractivity contribution is -0.0148. The van der Waals surface area contributed by atoms with Crippen molar-refractivity contribution < 1.29 is 5.11 Å². The molecule has 20 heavy (non-hydrogen) atoms. The molecule has 0 bridgehead atoms. The molecule has 5 rings (SSSR count). The molecule has 1 fully saturated rings. The van der Waals surface area contributed by atoms with E-state index >= 15 is 0 Å². The van der Waals surface area contributed by atoms with Crippen molar-refractivity contribution in [3.63, 3.8) is 0 Å². The number of para-hydroxylation sites is 1. The molecule has 2 aromatic rings. The van der Waals surface area contributed by atoms with Crippen LogP contribution in [0.5, 0.6) is 0 Å². The minimum absolute atomic E-state index is 0.331. The van der Waals surface area contributed by atoms with E-state index in [0.29, 0.717) is 12.0 Å². The van der Waals surface area contributed by atoms with Crippen LogP contribution >= 0.6 is 0 Å². The van der Waals surface area contributed by atoms with E-state index in [2.05, 4.69) is 33.7 Å². The Balaban J connectivity index is 1.85. The maximum absolute atomic E-state index is 10.7. The molecule has 3 atom stereocenters. The molecule has 1 aromatic heterocycles. The molecular weight excluding hydrogens is 248 g/mol. The Morgan fingerprint density at radius 3 is 3.00 bits per heavy atom. The minimum atomic E-state index is -0.331. The Bertz CT molecular complexity index is 690. The molecule has 0 unspecified atom stereocenters. The fraction of sp³-hybridized carbons (Fsp3) is 0.529. The van der Waals surface area contributed by atoms with Gasteiger partial charge in [0.15, 0.2) is 0 Å². The molecule has 0 aliphatic carbocycles. The van der Waals surface area contributed by atoms with Crippen LogP contribution in [0.25, 0.3) is 10.9 Å². The highest BCUT2D eigenvalue weighted by Crippen LogP contribution is 2.50. The standard InChI is InChI=1S/C17H20N2O/c20-15-10-11-4-3-8-18-9-7-13-12-5-1-2-6-14(12)19(15)17(13)16(11)18/h1-2,5-6,11,15-16,20H,3-4,7-10H2/t11-,15+,16-/m1/s1. The summed E-state index contributed by atoms with van der Waals surface area (Å²) in [5.74, 6) is 0.648. The molecule has 3 aliphatic rings. The summed E-state index contributed by atoms with van der Waals surface area (Å²) in [6.07, 6.45) is 4.30. The predicted molar refractivity (Wildman–Crippen MR) is 78.6 cm³/mol. The van der Waals surface area contributed by atoms with Crippen molar-refractivity contribution in [2.75, 3.05) is 13.1 Å². The summed E-state index contributed by atoms with van der Waals surface area (Å²) in [6, 6.07) is 9.18. The zero-order chi connectivity index (χ0) is 13.3. The van der Waals surface area contributed by atoms with E-state index in [4.69, 9.17) is 0 Å². The smallest absolute Gasteiger partial charge is 0.131 e. The van der Waals surface area contributed by atoms with E-state index in [-0.39, 0.29) is 6.23 Å². The summed E-state index contributed by atoms with van der Waals surface area (Å²) in [5.41, 5.74) is 4.17.